The minimum Gasteiger partial charge on any atom is -0.479 e. The quantitative estimate of drug-likeness (QED) is 0.851. The number of carbonyl (C=O) groups excluding carboxylic acids is 1. The van der Waals surface area contributed by atoms with Crippen LogP contribution in [0.3, 0.4) is 0 Å². The van der Waals surface area contributed by atoms with E-state index >= 15 is 0 Å². The Morgan fingerprint density at radius 1 is 1.52 bits per heavy atom. The second-order valence-electron chi connectivity index (χ2n) is 4.72. The summed E-state index contributed by atoms with van der Waals surface area (Å²) >= 11 is 0. The number of aliphatic carboxylic acids is 1. The lowest BCUT2D eigenvalue weighted by molar-refractivity contribution is -0.154. The van der Waals surface area contributed by atoms with E-state index in [9.17, 15) is 9.59 Å². The molecule has 1 atom stereocenters. The van der Waals surface area contributed by atoms with Gasteiger partial charge in [0.15, 0.2) is 6.10 Å². The largest absolute Gasteiger partial charge is 0.479 e. The third-order valence-electron chi connectivity index (χ3n) is 3.24. The average Bonchev–Trinajstić information content (AvgIpc) is 2.49. The number of rotatable bonds is 2. The van der Waals surface area contributed by atoms with Crippen LogP contribution in [0.4, 0.5) is 10.5 Å². The van der Waals surface area contributed by atoms with Crippen LogP contribution in [0.5, 0.6) is 0 Å². The lowest BCUT2D eigenvalue weighted by Gasteiger charge is -2.31. The molecule has 0 saturated carbocycles. The summed E-state index contributed by atoms with van der Waals surface area (Å²) in [6, 6.07) is 6.60. The van der Waals surface area contributed by atoms with Crippen LogP contribution in [-0.4, -0.2) is 47.8 Å². The van der Waals surface area contributed by atoms with E-state index in [2.05, 4.69) is 5.32 Å². The molecule has 7 nitrogen and oxygen atoms in total. The number of nitrogens with zero attached hydrogens (tertiary/aromatic N) is 2. The van der Waals surface area contributed by atoms with Gasteiger partial charge >= 0.3 is 12.0 Å². The molecule has 1 saturated heterocycles. The van der Waals surface area contributed by atoms with E-state index in [1.807, 2.05) is 13.0 Å². The number of ether oxygens (including phenoxy) is 1. The molecule has 2 rings (SSSR count). The molecule has 2 N–H and O–H groups in total. The van der Waals surface area contributed by atoms with Crippen LogP contribution in [0.15, 0.2) is 18.2 Å². The number of hydrogen-bond acceptors (Lipinski definition) is 4. The van der Waals surface area contributed by atoms with E-state index in [-0.39, 0.29) is 13.2 Å². The summed E-state index contributed by atoms with van der Waals surface area (Å²) in [7, 11) is 0. The van der Waals surface area contributed by atoms with Crippen molar-refractivity contribution in [2.45, 2.75) is 13.0 Å². The molecular formula is C14H15N3O4. The Balaban J connectivity index is 2.08. The first-order valence-corrected chi connectivity index (χ1v) is 6.42. The molecule has 1 aliphatic heterocycles. The Hall–Kier alpha value is -2.59. The topological polar surface area (TPSA) is 103 Å². The number of carboxylic acid groups (broad SMARTS) is 1. The summed E-state index contributed by atoms with van der Waals surface area (Å²) in [5, 5.41) is 20.5. The van der Waals surface area contributed by atoms with Gasteiger partial charge in [-0.3, -0.25) is 0 Å². The molecule has 0 spiro atoms. The highest BCUT2D eigenvalue weighted by Gasteiger charge is 2.29. The molecule has 21 heavy (non-hydrogen) atoms. The average molecular weight is 289 g/mol. The van der Waals surface area contributed by atoms with Crippen LogP contribution in [0.25, 0.3) is 0 Å². The summed E-state index contributed by atoms with van der Waals surface area (Å²) in [5.41, 5.74) is 1.81. The molecule has 1 aromatic rings. The predicted octanol–water partition coefficient (Wildman–Crippen LogP) is 1.18. The van der Waals surface area contributed by atoms with Crippen LogP contribution in [-0.2, 0) is 9.53 Å². The van der Waals surface area contributed by atoms with Crippen LogP contribution in [0, 0.1) is 18.3 Å². The Bertz CT molecular complexity index is 609. The van der Waals surface area contributed by atoms with Crippen LogP contribution < -0.4 is 5.32 Å². The lowest BCUT2D eigenvalue weighted by atomic mass is 10.1. The van der Waals surface area contributed by atoms with E-state index in [1.165, 1.54) is 4.90 Å². The summed E-state index contributed by atoms with van der Waals surface area (Å²) in [6.07, 6.45) is -1.00. The molecule has 7 heteroatoms. The van der Waals surface area contributed by atoms with E-state index in [1.54, 1.807) is 18.2 Å². The van der Waals surface area contributed by atoms with Crippen molar-refractivity contribution in [3.63, 3.8) is 0 Å². The molecule has 0 radical (unpaired) electrons. The van der Waals surface area contributed by atoms with Gasteiger partial charge in [-0.15, -0.1) is 0 Å². The van der Waals surface area contributed by atoms with Crippen molar-refractivity contribution < 1.29 is 19.4 Å². The molecule has 1 fully saturated rings. The van der Waals surface area contributed by atoms with Crippen molar-refractivity contribution in [3.8, 4) is 6.07 Å². The minimum absolute atomic E-state index is 0.00183. The van der Waals surface area contributed by atoms with Gasteiger partial charge in [0.2, 0.25) is 0 Å². The van der Waals surface area contributed by atoms with Crippen LogP contribution >= 0.6 is 0 Å². The number of anilines is 1. The number of carboxylic acids is 1. The maximum Gasteiger partial charge on any atom is 0.334 e. The molecular weight excluding hydrogens is 274 g/mol. The van der Waals surface area contributed by atoms with Gasteiger partial charge in [0.05, 0.1) is 24.8 Å². The van der Waals surface area contributed by atoms with E-state index in [4.69, 9.17) is 15.1 Å². The Morgan fingerprint density at radius 3 is 2.95 bits per heavy atom. The molecule has 1 aliphatic rings. The van der Waals surface area contributed by atoms with Gasteiger partial charge in [-0.2, -0.15) is 5.26 Å². The van der Waals surface area contributed by atoms with Crippen molar-refractivity contribution in [2.75, 3.05) is 25.0 Å². The highest BCUT2D eigenvalue weighted by atomic mass is 16.5. The fourth-order valence-corrected chi connectivity index (χ4v) is 2.00. The molecule has 2 amide bonds. The number of nitrogens with one attached hydrogen (secondary N) is 1. The number of aryl methyl sites for hydroxylation is 1. The van der Waals surface area contributed by atoms with Crippen LogP contribution in [0.2, 0.25) is 0 Å². The van der Waals surface area contributed by atoms with Gasteiger partial charge in [0.25, 0.3) is 0 Å². The maximum absolute atomic E-state index is 12.2. The molecule has 1 heterocycles. The second-order valence-corrected chi connectivity index (χ2v) is 4.72. The van der Waals surface area contributed by atoms with Crippen molar-refractivity contribution in [1.29, 1.82) is 5.26 Å². The first-order chi connectivity index (χ1) is 10.0. The van der Waals surface area contributed by atoms with Gasteiger partial charge in [-0.25, -0.2) is 9.59 Å². The molecule has 0 aromatic heterocycles. The third-order valence-corrected chi connectivity index (χ3v) is 3.24. The zero-order valence-corrected chi connectivity index (χ0v) is 11.5. The van der Waals surface area contributed by atoms with Crippen molar-refractivity contribution in [3.05, 3.63) is 29.3 Å². The summed E-state index contributed by atoms with van der Waals surface area (Å²) in [6.45, 7) is 2.32. The second kappa shape index (κ2) is 6.24. The van der Waals surface area contributed by atoms with Gasteiger partial charge in [0, 0.05) is 12.2 Å². The number of nitriles is 1. The van der Waals surface area contributed by atoms with Gasteiger partial charge < -0.3 is 20.1 Å². The number of morpholine rings is 1. The number of amides is 2. The van der Waals surface area contributed by atoms with Crippen molar-refractivity contribution in [2.24, 2.45) is 0 Å². The van der Waals surface area contributed by atoms with Gasteiger partial charge in [-0.05, 0) is 24.6 Å². The summed E-state index contributed by atoms with van der Waals surface area (Å²) in [4.78, 5) is 24.5. The Morgan fingerprint density at radius 2 is 2.29 bits per heavy atom. The Kier molecular flexibility index (Phi) is 4.40. The maximum atomic E-state index is 12.2. The number of urea groups is 1. The zero-order valence-electron chi connectivity index (χ0n) is 11.5. The highest BCUT2D eigenvalue weighted by molar-refractivity contribution is 5.91. The monoisotopic (exact) mass is 289 g/mol. The molecule has 1 unspecified atom stereocenters. The smallest absolute Gasteiger partial charge is 0.334 e. The Labute approximate surface area is 121 Å². The van der Waals surface area contributed by atoms with Crippen molar-refractivity contribution in [1.82, 2.24) is 4.90 Å². The SMILES string of the molecule is Cc1ccc(C#N)cc1NC(=O)N1CCOC(C(=O)O)C1. The van der Waals surface area contributed by atoms with Crippen molar-refractivity contribution >= 4 is 17.7 Å². The fraction of sp³-hybridized carbons (Fsp3) is 0.357. The predicted molar refractivity (Wildman–Crippen MR) is 73.9 cm³/mol. The molecule has 0 bridgehead atoms. The summed E-state index contributed by atoms with van der Waals surface area (Å²) < 4.78 is 5.07. The van der Waals surface area contributed by atoms with E-state index in [0.29, 0.717) is 17.8 Å². The van der Waals surface area contributed by atoms with Gasteiger partial charge in [0.1, 0.15) is 0 Å². The van der Waals surface area contributed by atoms with E-state index < -0.39 is 18.1 Å². The van der Waals surface area contributed by atoms with Crippen LogP contribution in [0.1, 0.15) is 11.1 Å². The number of carbonyl (C=O) groups is 2. The van der Waals surface area contributed by atoms with E-state index in [0.717, 1.165) is 5.56 Å². The first kappa shape index (κ1) is 14.8. The normalized spacial score (nSPS) is 17.9. The fourth-order valence-electron chi connectivity index (χ4n) is 2.00. The minimum atomic E-state index is -1.09. The molecule has 0 aliphatic carbocycles. The number of hydrogen-bond donors (Lipinski definition) is 2. The molecule has 110 valence electrons. The third kappa shape index (κ3) is 3.49. The standard InChI is InChI=1S/C14H15N3O4/c1-9-2-3-10(7-15)6-11(9)16-14(20)17-4-5-21-12(8-17)13(18)19/h2-3,6,12H,4-5,8H2,1H3,(H,16,20)(H,18,19). The highest BCUT2D eigenvalue weighted by Crippen LogP contribution is 2.17. The lowest BCUT2D eigenvalue weighted by Crippen LogP contribution is -2.50. The molecule has 1 aromatic carbocycles. The summed E-state index contributed by atoms with van der Waals surface area (Å²) in [5.74, 6) is -1.09. The number of benzene rings is 1. The first-order valence-electron chi connectivity index (χ1n) is 6.42. The van der Waals surface area contributed by atoms with Gasteiger partial charge in [-0.1, -0.05) is 6.07 Å². The zero-order chi connectivity index (χ0) is 15.4.